The van der Waals surface area contributed by atoms with Crippen molar-refractivity contribution in [1.29, 1.82) is 0 Å². The van der Waals surface area contributed by atoms with Crippen LogP contribution in [-0.2, 0) is 22.4 Å². The average molecular weight is 371 g/mol. The number of fused-ring (bicyclic) bond motifs is 1. The van der Waals surface area contributed by atoms with E-state index in [0.29, 0.717) is 18.5 Å². The van der Waals surface area contributed by atoms with Crippen molar-refractivity contribution in [3.05, 3.63) is 34.9 Å². The van der Waals surface area contributed by atoms with Crippen molar-refractivity contribution in [2.75, 3.05) is 6.54 Å². The molecule has 0 radical (unpaired) electrons. The Hall–Kier alpha value is -2.17. The number of carbonyl (C=O) groups excluding carboxylic acids is 2. The van der Waals surface area contributed by atoms with E-state index in [-0.39, 0.29) is 36.4 Å². The minimum atomic E-state index is -0.767. The zero-order valence-corrected chi connectivity index (χ0v) is 15.8. The summed E-state index contributed by atoms with van der Waals surface area (Å²) in [6.45, 7) is 0.392. The molecule has 1 saturated carbocycles. The van der Waals surface area contributed by atoms with Crippen LogP contribution in [0.1, 0.15) is 72.9 Å². The van der Waals surface area contributed by atoms with Gasteiger partial charge in [-0.25, -0.2) is 0 Å². The molecule has 3 rings (SSSR count). The first-order valence-electron chi connectivity index (χ1n) is 10.2. The number of ketones is 1. The highest BCUT2D eigenvalue weighted by Crippen LogP contribution is 2.29. The molecular formula is C22H29NO4. The van der Waals surface area contributed by atoms with Crippen molar-refractivity contribution in [2.24, 2.45) is 11.8 Å². The molecule has 2 aliphatic rings. The molecule has 2 aliphatic carbocycles. The highest BCUT2D eigenvalue weighted by Gasteiger charge is 2.30. The molecule has 1 fully saturated rings. The SMILES string of the molecule is O=C(CCC(=O)c1ccc2c(c1)CCCC2)NC[C@@H]1CCCC[C@@H]1C(=O)O. The van der Waals surface area contributed by atoms with Crippen LogP contribution in [0.25, 0.3) is 0 Å². The molecule has 0 unspecified atom stereocenters. The normalized spacial score (nSPS) is 21.9. The molecule has 0 saturated heterocycles. The van der Waals surface area contributed by atoms with Crippen LogP contribution in [0, 0.1) is 11.8 Å². The Balaban J connectivity index is 1.46. The maximum atomic E-state index is 12.4. The number of benzene rings is 1. The summed E-state index contributed by atoms with van der Waals surface area (Å²) in [6.07, 6.45) is 8.33. The van der Waals surface area contributed by atoms with E-state index in [4.69, 9.17) is 0 Å². The summed E-state index contributed by atoms with van der Waals surface area (Å²) < 4.78 is 0. The first kappa shape index (κ1) is 19.6. The Morgan fingerprint density at radius 1 is 0.963 bits per heavy atom. The highest BCUT2D eigenvalue weighted by molar-refractivity contribution is 5.98. The van der Waals surface area contributed by atoms with Crippen molar-refractivity contribution >= 4 is 17.7 Å². The smallest absolute Gasteiger partial charge is 0.306 e. The Labute approximate surface area is 160 Å². The number of rotatable bonds is 7. The number of carboxylic acid groups (broad SMARTS) is 1. The van der Waals surface area contributed by atoms with Gasteiger partial charge in [-0.05, 0) is 61.6 Å². The second kappa shape index (κ2) is 9.16. The van der Waals surface area contributed by atoms with Gasteiger partial charge in [-0.3, -0.25) is 14.4 Å². The number of aryl methyl sites for hydroxylation is 2. The molecule has 1 amide bonds. The van der Waals surface area contributed by atoms with Gasteiger partial charge in [-0.2, -0.15) is 0 Å². The number of amides is 1. The maximum absolute atomic E-state index is 12.4. The van der Waals surface area contributed by atoms with Crippen molar-refractivity contribution in [1.82, 2.24) is 5.32 Å². The first-order valence-corrected chi connectivity index (χ1v) is 10.2. The monoisotopic (exact) mass is 371 g/mol. The lowest BCUT2D eigenvalue weighted by Crippen LogP contribution is -2.37. The third-order valence-electron chi connectivity index (χ3n) is 6.04. The zero-order valence-electron chi connectivity index (χ0n) is 15.8. The Morgan fingerprint density at radius 3 is 2.48 bits per heavy atom. The molecule has 146 valence electrons. The summed E-state index contributed by atoms with van der Waals surface area (Å²) in [4.78, 5) is 35.9. The minimum absolute atomic E-state index is 0.000368. The molecule has 0 aromatic heterocycles. The molecule has 0 spiro atoms. The number of hydrogen-bond donors (Lipinski definition) is 2. The maximum Gasteiger partial charge on any atom is 0.306 e. The fourth-order valence-electron chi connectivity index (χ4n) is 4.39. The Morgan fingerprint density at radius 2 is 1.70 bits per heavy atom. The van der Waals surface area contributed by atoms with Crippen molar-refractivity contribution < 1.29 is 19.5 Å². The highest BCUT2D eigenvalue weighted by atomic mass is 16.4. The van der Waals surface area contributed by atoms with Gasteiger partial charge in [0.15, 0.2) is 5.78 Å². The summed E-state index contributed by atoms with van der Waals surface area (Å²) in [6, 6.07) is 5.93. The molecule has 27 heavy (non-hydrogen) atoms. The van der Waals surface area contributed by atoms with Gasteiger partial charge in [0.25, 0.3) is 0 Å². The second-order valence-corrected chi connectivity index (χ2v) is 7.91. The zero-order chi connectivity index (χ0) is 19.2. The van der Waals surface area contributed by atoms with Gasteiger partial charge >= 0.3 is 5.97 Å². The lowest BCUT2D eigenvalue weighted by atomic mass is 9.79. The number of Topliss-reactive ketones (excluding diaryl/α,β-unsaturated/α-hetero) is 1. The van der Waals surface area contributed by atoms with Crippen LogP contribution in [0.15, 0.2) is 18.2 Å². The largest absolute Gasteiger partial charge is 0.481 e. The van der Waals surface area contributed by atoms with Crippen molar-refractivity contribution in [2.45, 2.75) is 64.2 Å². The van der Waals surface area contributed by atoms with Crippen molar-refractivity contribution in [3.63, 3.8) is 0 Å². The van der Waals surface area contributed by atoms with Crippen LogP contribution in [0.4, 0.5) is 0 Å². The van der Waals surface area contributed by atoms with Crippen LogP contribution in [0.3, 0.4) is 0 Å². The molecule has 1 aromatic rings. The van der Waals surface area contributed by atoms with Gasteiger partial charge in [-0.1, -0.05) is 25.0 Å². The molecular weight excluding hydrogens is 342 g/mol. The number of nitrogens with one attached hydrogen (secondary N) is 1. The third kappa shape index (κ3) is 5.18. The summed E-state index contributed by atoms with van der Waals surface area (Å²) in [5.74, 6) is -1.31. The summed E-state index contributed by atoms with van der Waals surface area (Å²) in [5, 5.41) is 12.1. The molecule has 2 atom stereocenters. The van der Waals surface area contributed by atoms with Gasteiger partial charge in [0, 0.05) is 24.9 Å². The van der Waals surface area contributed by atoms with E-state index in [1.165, 1.54) is 24.0 Å². The van der Waals surface area contributed by atoms with Crippen LogP contribution >= 0.6 is 0 Å². The molecule has 5 heteroatoms. The van der Waals surface area contributed by atoms with E-state index in [1.807, 2.05) is 12.1 Å². The van der Waals surface area contributed by atoms with Gasteiger partial charge in [0.1, 0.15) is 0 Å². The van der Waals surface area contributed by atoms with Gasteiger partial charge < -0.3 is 10.4 Å². The van der Waals surface area contributed by atoms with Crippen LogP contribution in [-0.4, -0.2) is 29.3 Å². The van der Waals surface area contributed by atoms with E-state index in [2.05, 4.69) is 11.4 Å². The van der Waals surface area contributed by atoms with E-state index in [1.54, 1.807) is 0 Å². The molecule has 0 heterocycles. The minimum Gasteiger partial charge on any atom is -0.481 e. The molecule has 1 aromatic carbocycles. The van der Waals surface area contributed by atoms with E-state index >= 15 is 0 Å². The molecule has 2 N–H and O–H groups in total. The van der Waals surface area contributed by atoms with Gasteiger partial charge in [-0.15, -0.1) is 0 Å². The van der Waals surface area contributed by atoms with Crippen LogP contribution in [0.5, 0.6) is 0 Å². The van der Waals surface area contributed by atoms with E-state index in [9.17, 15) is 19.5 Å². The topological polar surface area (TPSA) is 83.5 Å². The fraction of sp³-hybridized carbons (Fsp3) is 0.591. The van der Waals surface area contributed by atoms with Gasteiger partial charge in [0.05, 0.1) is 5.92 Å². The van der Waals surface area contributed by atoms with E-state index < -0.39 is 5.97 Å². The third-order valence-corrected chi connectivity index (χ3v) is 6.04. The standard InChI is InChI=1S/C22H29NO4/c24-20(17-10-9-15-5-1-2-6-16(15)13-17)11-12-21(25)23-14-18-7-3-4-8-19(18)22(26)27/h9-10,13,18-19H,1-8,11-12,14H2,(H,23,25)(H,26,27)/t18-,19-/m0/s1. The summed E-state index contributed by atoms with van der Waals surface area (Å²) in [7, 11) is 0. The number of hydrogen-bond acceptors (Lipinski definition) is 3. The Kier molecular flexibility index (Phi) is 6.64. The fourth-order valence-corrected chi connectivity index (χ4v) is 4.39. The predicted molar refractivity (Wildman–Crippen MR) is 103 cm³/mol. The number of aliphatic carboxylic acids is 1. The Bertz CT molecular complexity index is 712. The second-order valence-electron chi connectivity index (χ2n) is 7.91. The van der Waals surface area contributed by atoms with E-state index in [0.717, 1.165) is 32.1 Å². The average Bonchev–Trinajstić information content (AvgIpc) is 2.70. The lowest BCUT2D eigenvalue weighted by molar-refractivity contribution is -0.145. The van der Waals surface area contributed by atoms with Crippen LogP contribution < -0.4 is 5.32 Å². The number of carbonyl (C=O) groups is 3. The first-order chi connectivity index (χ1) is 13.0. The predicted octanol–water partition coefficient (Wildman–Crippen LogP) is 3.54. The molecule has 0 aliphatic heterocycles. The molecule has 0 bridgehead atoms. The van der Waals surface area contributed by atoms with Crippen molar-refractivity contribution in [3.8, 4) is 0 Å². The quantitative estimate of drug-likeness (QED) is 0.718. The summed E-state index contributed by atoms with van der Waals surface area (Å²) >= 11 is 0. The molecule has 5 nitrogen and oxygen atoms in total. The number of carboxylic acids is 1. The summed E-state index contributed by atoms with van der Waals surface area (Å²) in [5.41, 5.74) is 3.31. The van der Waals surface area contributed by atoms with Crippen LogP contribution in [0.2, 0.25) is 0 Å². The lowest BCUT2D eigenvalue weighted by Gasteiger charge is -2.28. The van der Waals surface area contributed by atoms with Gasteiger partial charge in [0.2, 0.25) is 5.91 Å².